The molecule has 0 aliphatic heterocycles. The van der Waals surface area contributed by atoms with Crippen LogP contribution in [0.25, 0.3) is 0 Å². The fraction of sp³-hybridized carbons (Fsp3) is 0.917. The lowest BCUT2D eigenvalue weighted by molar-refractivity contribution is 0.186. The quantitative estimate of drug-likeness (QED) is 0.745. The molecular weight excluding hydrogens is 172 g/mol. The third kappa shape index (κ3) is 1.93. The minimum Gasteiger partial charge on any atom is -0.311 e. The molecule has 2 fully saturated rings. The maximum absolute atomic E-state index is 8.81. The molecular formula is C12H20N2. The Kier molecular flexibility index (Phi) is 3.08. The molecule has 2 rings (SSSR count). The molecule has 2 aliphatic rings. The summed E-state index contributed by atoms with van der Waals surface area (Å²) in [6.07, 6.45) is 7.48. The van der Waals surface area contributed by atoms with Gasteiger partial charge >= 0.3 is 0 Å². The van der Waals surface area contributed by atoms with Crippen LogP contribution < -0.4 is 5.32 Å². The van der Waals surface area contributed by atoms with Gasteiger partial charge in [-0.1, -0.05) is 13.3 Å². The van der Waals surface area contributed by atoms with Crippen molar-refractivity contribution in [2.45, 2.75) is 57.5 Å². The van der Waals surface area contributed by atoms with Crippen LogP contribution in [0.2, 0.25) is 0 Å². The van der Waals surface area contributed by atoms with E-state index in [-0.39, 0.29) is 0 Å². The minimum absolute atomic E-state index is 0.327. The summed E-state index contributed by atoms with van der Waals surface area (Å²) >= 11 is 0. The Morgan fingerprint density at radius 3 is 2.64 bits per heavy atom. The molecule has 0 heterocycles. The molecule has 2 nitrogen and oxygen atoms in total. The number of nitrogens with zero attached hydrogens (tertiary/aromatic N) is 1. The van der Waals surface area contributed by atoms with E-state index in [0.717, 1.165) is 24.8 Å². The zero-order chi connectivity index (χ0) is 9.97. The van der Waals surface area contributed by atoms with Crippen LogP contribution in [0, 0.1) is 23.2 Å². The predicted octanol–water partition coefficient (Wildman–Crippen LogP) is 2.46. The van der Waals surface area contributed by atoms with Gasteiger partial charge in [0, 0.05) is 18.0 Å². The van der Waals surface area contributed by atoms with Crippen LogP contribution >= 0.6 is 0 Å². The van der Waals surface area contributed by atoms with Crippen LogP contribution in [0.5, 0.6) is 0 Å². The fourth-order valence-electron chi connectivity index (χ4n) is 2.83. The fourth-order valence-corrected chi connectivity index (χ4v) is 2.83. The molecule has 0 aromatic heterocycles. The lowest BCUT2D eigenvalue weighted by Gasteiger charge is -2.38. The summed E-state index contributed by atoms with van der Waals surface area (Å²) < 4.78 is 0. The molecule has 2 aliphatic carbocycles. The maximum Gasteiger partial charge on any atom is 0.0656 e. The molecule has 0 radical (unpaired) electrons. The standard InChI is InChI=1S/C12H20N2/c1-2-10-4-6-12(10)14-11-5-3-9(7-11)8-13/h9-12,14H,2-7H2,1H3. The first-order chi connectivity index (χ1) is 6.83. The van der Waals surface area contributed by atoms with Crippen LogP contribution in [-0.4, -0.2) is 12.1 Å². The largest absolute Gasteiger partial charge is 0.311 e. The molecule has 0 bridgehead atoms. The average molecular weight is 192 g/mol. The SMILES string of the molecule is CCC1CCC1NC1CCC(C#N)C1. The Bertz CT molecular complexity index is 229. The van der Waals surface area contributed by atoms with Gasteiger partial charge < -0.3 is 5.32 Å². The van der Waals surface area contributed by atoms with Gasteiger partial charge in [0.1, 0.15) is 0 Å². The lowest BCUT2D eigenvalue weighted by Crippen LogP contribution is -2.47. The van der Waals surface area contributed by atoms with E-state index in [4.69, 9.17) is 5.26 Å². The molecule has 4 unspecified atom stereocenters. The zero-order valence-corrected chi connectivity index (χ0v) is 9.00. The molecule has 78 valence electrons. The Morgan fingerprint density at radius 1 is 1.29 bits per heavy atom. The number of nitriles is 1. The van der Waals surface area contributed by atoms with Crippen molar-refractivity contribution in [3.8, 4) is 6.07 Å². The number of hydrogen-bond donors (Lipinski definition) is 1. The van der Waals surface area contributed by atoms with Crippen LogP contribution in [0.4, 0.5) is 0 Å². The second kappa shape index (κ2) is 4.31. The summed E-state index contributed by atoms with van der Waals surface area (Å²) in [5, 5.41) is 12.5. The van der Waals surface area contributed by atoms with Gasteiger partial charge in [0.25, 0.3) is 0 Å². The highest BCUT2D eigenvalue weighted by molar-refractivity contribution is 4.96. The van der Waals surface area contributed by atoms with E-state index in [1.807, 2.05) is 0 Å². The van der Waals surface area contributed by atoms with Gasteiger partial charge in [-0.3, -0.25) is 0 Å². The molecule has 0 saturated heterocycles. The van der Waals surface area contributed by atoms with Crippen molar-refractivity contribution in [2.75, 3.05) is 0 Å². The van der Waals surface area contributed by atoms with Gasteiger partial charge in [-0.2, -0.15) is 5.26 Å². The molecule has 0 amide bonds. The zero-order valence-electron chi connectivity index (χ0n) is 9.00. The minimum atomic E-state index is 0.327. The van der Waals surface area contributed by atoms with Crippen molar-refractivity contribution >= 4 is 0 Å². The van der Waals surface area contributed by atoms with Crippen molar-refractivity contribution in [1.82, 2.24) is 5.32 Å². The van der Waals surface area contributed by atoms with E-state index in [9.17, 15) is 0 Å². The monoisotopic (exact) mass is 192 g/mol. The summed E-state index contributed by atoms with van der Waals surface area (Å²) in [6.45, 7) is 2.28. The van der Waals surface area contributed by atoms with Crippen molar-refractivity contribution < 1.29 is 0 Å². The van der Waals surface area contributed by atoms with Gasteiger partial charge in [-0.05, 0) is 38.0 Å². The maximum atomic E-state index is 8.81. The van der Waals surface area contributed by atoms with Crippen molar-refractivity contribution in [2.24, 2.45) is 11.8 Å². The molecule has 14 heavy (non-hydrogen) atoms. The Labute approximate surface area is 86.7 Å². The van der Waals surface area contributed by atoms with E-state index in [1.165, 1.54) is 25.7 Å². The first-order valence-corrected chi connectivity index (χ1v) is 5.99. The van der Waals surface area contributed by atoms with Crippen LogP contribution in [-0.2, 0) is 0 Å². The average Bonchev–Trinajstić information content (AvgIpc) is 2.61. The Morgan fingerprint density at radius 2 is 2.14 bits per heavy atom. The smallest absolute Gasteiger partial charge is 0.0656 e. The van der Waals surface area contributed by atoms with E-state index in [1.54, 1.807) is 0 Å². The summed E-state index contributed by atoms with van der Waals surface area (Å²) in [5.41, 5.74) is 0. The number of nitrogens with one attached hydrogen (secondary N) is 1. The first-order valence-electron chi connectivity index (χ1n) is 5.99. The molecule has 0 aromatic carbocycles. The van der Waals surface area contributed by atoms with Gasteiger partial charge in [-0.25, -0.2) is 0 Å². The highest BCUT2D eigenvalue weighted by Gasteiger charge is 2.33. The molecule has 0 aromatic rings. The number of rotatable bonds is 3. The van der Waals surface area contributed by atoms with Crippen molar-refractivity contribution in [3.05, 3.63) is 0 Å². The van der Waals surface area contributed by atoms with E-state index < -0.39 is 0 Å². The van der Waals surface area contributed by atoms with Crippen LogP contribution in [0.15, 0.2) is 0 Å². The second-order valence-corrected chi connectivity index (χ2v) is 4.85. The molecule has 1 N–H and O–H groups in total. The Balaban J connectivity index is 1.74. The van der Waals surface area contributed by atoms with E-state index in [2.05, 4.69) is 18.3 Å². The normalized spacial score (nSPS) is 41.7. The molecule has 0 spiro atoms. The Hall–Kier alpha value is -0.550. The van der Waals surface area contributed by atoms with E-state index >= 15 is 0 Å². The topological polar surface area (TPSA) is 35.8 Å². The number of hydrogen-bond acceptors (Lipinski definition) is 2. The lowest BCUT2D eigenvalue weighted by atomic mass is 9.77. The molecule has 2 saturated carbocycles. The van der Waals surface area contributed by atoms with E-state index in [0.29, 0.717) is 12.0 Å². The van der Waals surface area contributed by atoms with Crippen molar-refractivity contribution in [1.29, 1.82) is 5.26 Å². The predicted molar refractivity (Wildman–Crippen MR) is 56.7 cm³/mol. The third-order valence-electron chi connectivity index (χ3n) is 4.01. The summed E-state index contributed by atoms with van der Waals surface area (Å²) in [7, 11) is 0. The molecule has 2 heteroatoms. The van der Waals surface area contributed by atoms with Crippen LogP contribution in [0.1, 0.15) is 45.4 Å². The van der Waals surface area contributed by atoms with Gasteiger partial charge in [0.15, 0.2) is 0 Å². The van der Waals surface area contributed by atoms with Gasteiger partial charge in [0.05, 0.1) is 6.07 Å². The highest BCUT2D eigenvalue weighted by Crippen LogP contribution is 2.33. The summed E-state index contributed by atoms with van der Waals surface area (Å²) in [5.74, 6) is 1.24. The van der Waals surface area contributed by atoms with Crippen molar-refractivity contribution in [3.63, 3.8) is 0 Å². The van der Waals surface area contributed by atoms with Gasteiger partial charge in [-0.15, -0.1) is 0 Å². The summed E-state index contributed by atoms with van der Waals surface area (Å²) in [6, 6.07) is 3.79. The molecule has 4 atom stereocenters. The third-order valence-corrected chi connectivity index (χ3v) is 4.01. The summed E-state index contributed by atoms with van der Waals surface area (Å²) in [4.78, 5) is 0. The highest BCUT2D eigenvalue weighted by atomic mass is 15.0. The van der Waals surface area contributed by atoms with Gasteiger partial charge in [0.2, 0.25) is 0 Å². The second-order valence-electron chi connectivity index (χ2n) is 4.85. The van der Waals surface area contributed by atoms with Crippen LogP contribution in [0.3, 0.4) is 0 Å². The first kappa shape index (κ1) is 9.98.